The lowest BCUT2D eigenvalue weighted by Crippen LogP contribution is -2.25. The number of carbonyl (C=O) groups is 1. The molecule has 1 aromatic heterocycles. The van der Waals surface area contributed by atoms with Crippen molar-refractivity contribution < 1.29 is 4.79 Å². The number of anilines is 2. The molecule has 5 nitrogen and oxygen atoms in total. The molecule has 144 valence electrons. The molecule has 0 aliphatic heterocycles. The zero-order valence-electron chi connectivity index (χ0n) is 16.4. The maximum Gasteiger partial charge on any atom is 0.289 e. The second-order valence-corrected chi connectivity index (χ2v) is 7.08. The summed E-state index contributed by atoms with van der Waals surface area (Å²) in [6, 6.07) is 23.7. The normalized spacial score (nSPS) is 10.7. The molecule has 1 amide bonds. The fourth-order valence-corrected chi connectivity index (χ4v) is 3.10. The number of para-hydroxylation sites is 1. The Morgan fingerprint density at radius 1 is 0.862 bits per heavy atom. The number of nitrogens with zero attached hydrogens (tertiary/aromatic N) is 2. The molecule has 29 heavy (non-hydrogen) atoms. The summed E-state index contributed by atoms with van der Waals surface area (Å²) in [5.74, 6) is 0.455. The van der Waals surface area contributed by atoms with Gasteiger partial charge in [0.15, 0.2) is 0 Å². The van der Waals surface area contributed by atoms with Crippen LogP contribution in [0.25, 0.3) is 10.9 Å². The molecular weight excluding hydrogens is 360 g/mol. The third-order valence-corrected chi connectivity index (χ3v) is 4.66. The van der Waals surface area contributed by atoms with Crippen LogP contribution in [0.4, 0.5) is 11.5 Å². The van der Waals surface area contributed by atoms with Gasteiger partial charge in [-0.1, -0.05) is 54.1 Å². The van der Waals surface area contributed by atoms with E-state index >= 15 is 0 Å². The lowest BCUT2D eigenvalue weighted by Gasteiger charge is -2.11. The largest absolute Gasteiger partial charge is 0.345 e. The quantitative estimate of drug-likeness (QED) is 0.514. The molecule has 5 heteroatoms. The van der Waals surface area contributed by atoms with Crippen molar-refractivity contribution in [1.82, 2.24) is 15.3 Å². The molecule has 1 heterocycles. The predicted molar refractivity (Wildman–Crippen MR) is 116 cm³/mol. The molecule has 4 rings (SSSR count). The molecule has 0 bridgehead atoms. The Kier molecular flexibility index (Phi) is 5.20. The SMILES string of the molecule is Cc1ccc(CNC(=O)c2nc(Nc3cccc(C)c3)c3ccccc3n2)cc1. The van der Waals surface area contributed by atoms with Gasteiger partial charge in [-0.05, 0) is 49.2 Å². The van der Waals surface area contributed by atoms with Crippen LogP contribution in [0.3, 0.4) is 0 Å². The number of fused-ring (bicyclic) bond motifs is 1. The number of aromatic nitrogens is 2. The van der Waals surface area contributed by atoms with Crippen molar-refractivity contribution in [2.75, 3.05) is 5.32 Å². The smallest absolute Gasteiger partial charge is 0.289 e. The average molecular weight is 382 g/mol. The third-order valence-electron chi connectivity index (χ3n) is 4.66. The van der Waals surface area contributed by atoms with Crippen LogP contribution in [-0.4, -0.2) is 15.9 Å². The topological polar surface area (TPSA) is 66.9 Å². The van der Waals surface area contributed by atoms with Gasteiger partial charge in [-0.3, -0.25) is 4.79 Å². The first kappa shape index (κ1) is 18.6. The van der Waals surface area contributed by atoms with Gasteiger partial charge in [0.25, 0.3) is 5.91 Å². The molecule has 0 saturated heterocycles. The van der Waals surface area contributed by atoms with Crippen molar-refractivity contribution >= 4 is 28.3 Å². The van der Waals surface area contributed by atoms with Crippen LogP contribution in [0.2, 0.25) is 0 Å². The summed E-state index contributed by atoms with van der Waals surface area (Å²) < 4.78 is 0. The fourth-order valence-electron chi connectivity index (χ4n) is 3.10. The number of aryl methyl sites for hydroxylation is 2. The first-order valence-corrected chi connectivity index (χ1v) is 9.53. The van der Waals surface area contributed by atoms with Crippen molar-refractivity contribution in [1.29, 1.82) is 0 Å². The van der Waals surface area contributed by atoms with Crippen LogP contribution in [0.5, 0.6) is 0 Å². The highest BCUT2D eigenvalue weighted by atomic mass is 16.2. The van der Waals surface area contributed by atoms with E-state index in [1.807, 2.05) is 86.6 Å². The summed E-state index contributed by atoms with van der Waals surface area (Å²) in [4.78, 5) is 21.7. The van der Waals surface area contributed by atoms with E-state index in [9.17, 15) is 4.79 Å². The Bertz CT molecular complexity index is 1170. The van der Waals surface area contributed by atoms with Crippen LogP contribution in [-0.2, 0) is 6.54 Å². The van der Waals surface area contributed by atoms with Gasteiger partial charge in [-0.15, -0.1) is 0 Å². The van der Waals surface area contributed by atoms with Crippen LogP contribution in [0, 0.1) is 13.8 Å². The molecule has 2 N–H and O–H groups in total. The highest BCUT2D eigenvalue weighted by Crippen LogP contribution is 2.24. The van der Waals surface area contributed by atoms with Gasteiger partial charge in [-0.25, -0.2) is 9.97 Å². The zero-order valence-corrected chi connectivity index (χ0v) is 16.4. The van der Waals surface area contributed by atoms with Crippen LogP contribution in [0.15, 0.2) is 72.8 Å². The second-order valence-electron chi connectivity index (χ2n) is 7.08. The monoisotopic (exact) mass is 382 g/mol. The Morgan fingerprint density at radius 2 is 1.66 bits per heavy atom. The summed E-state index contributed by atoms with van der Waals surface area (Å²) in [7, 11) is 0. The summed E-state index contributed by atoms with van der Waals surface area (Å²) in [6.45, 7) is 4.50. The van der Waals surface area contributed by atoms with Crippen LogP contribution in [0.1, 0.15) is 27.3 Å². The van der Waals surface area contributed by atoms with E-state index in [1.54, 1.807) is 0 Å². The van der Waals surface area contributed by atoms with Gasteiger partial charge < -0.3 is 10.6 Å². The number of hydrogen-bond donors (Lipinski definition) is 2. The molecule has 4 aromatic rings. The van der Waals surface area contributed by atoms with Gasteiger partial charge in [0.05, 0.1) is 5.52 Å². The number of carbonyl (C=O) groups excluding carboxylic acids is 1. The highest BCUT2D eigenvalue weighted by Gasteiger charge is 2.14. The van der Waals surface area contributed by atoms with E-state index in [4.69, 9.17) is 0 Å². The number of hydrogen-bond acceptors (Lipinski definition) is 4. The van der Waals surface area contributed by atoms with Gasteiger partial charge in [-0.2, -0.15) is 0 Å². The Labute approximate surface area is 169 Å². The predicted octanol–water partition coefficient (Wildman–Crippen LogP) is 4.92. The number of nitrogens with one attached hydrogen (secondary N) is 2. The molecule has 0 atom stereocenters. The molecule has 0 unspecified atom stereocenters. The highest BCUT2D eigenvalue weighted by molar-refractivity contribution is 5.97. The molecule has 0 spiro atoms. The average Bonchev–Trinajstić information content (AvgIpc) is 2.73. The van der Waals surface area contributed by atoms with E-state index in [2.05, 4.69) is 20.6 Å². The number of rotatable bonds is 5. The lowest BCUT2D eigenvalue weighted by atomic mass is 10.1. The van der Waals surface area contributed by atoms with Crippen molar-refractivity contribution in [2.24, 2.45) is 0 Å². The van der Waals surface area contributed by atoms with Crippen molar-refractivity contribution in [3.05, 3.63) is 95.3 Å². The minimum atomic E-state index is -0.302. The zero-order chi connectivity index (χ0) is 20.2. The summed E-state index contributed by atoms with van der Waals surface area (Å²) in [6.07, 6.45) is 0. The maximum atomic E-state index is 12.7. The minimum Gasteiger partial charge on any atom is -0.345 e. The van der Waals surface area contributed by atoms with Gasteiger partial charge in [0.2, 0.25) is 5.82 Å². The number of amides is 1. The lowest BCUT2D eigenvalue weighted by molar-refractivity contribution is 0.0941. The maximum absolute atomic E-state index is 12.7. The first-order chi connectivity index (χ1) is 14.1. The third kappa shape index (κ3) is 4.41. The van der Waals surface area contributed by atoms with E-state index in [0.29, 0.717) is 12.4 Å². The minimum absolute atomic E-state index is 0.144. The second kappa shape index (κ2) is 8.10. The van der Waals surface area contributed by atoms with Crippen LogP contribution >= 0.6 is 0 Å². The van der Waals surface area contributed by atoms with Crippen molar-refractivity contribution in [2.45, 2.75) is 20.4 Å². The van der Waals surface area contributed by atoms with Gasteiger partial charge in [0, 0.05) is 17.6 Å². The van der Waals surface area contributed by atoms with Gasteiger partial charge >= 0.3 is 0 Å². The standard InChI is InChI=1S/C24H22N4O/c1-16-10-12-18(13-11-16)15-25-24(29)23-27-21-9-4-3-8-20(21)22(28-23)26-19-7-5-6-17(2)14-19/h3-14H,15H2,1-2H3,(H,25,29)(H,26,27,28). The fraction of sp³-hybridized carbons (Fsp3) is 0.125. The van der Waals surface area contributed by atoms with E-state index < -0.39 is 0 Å². The molecule has 0 saturated carbocycles. The molecule has 0 radical (unpaired) electrons. The molecule has 0 fully saturated rings. The van der Waals surface area contributed by atoms with Crippen LogP contribution < -0.4 is 10.6 Å². The van der Waals surface area contributed by atoms with Gasteiger partial charge in [0.1, 0.15) is 5.82 Å². The van der Waals surface area contributed by atoms with Crippen molar-refractivity contribution in [3.63, 3.8) is 0 Å². The summed E-state index contributed by atoms with van der Waals surface area (Å²) in [5, 5.41) is 7.10. The van der Waals surface area contributed by atoms with E-state index in [1.165, 1.54) is 5.56 Å². The molecule has 0 aliphatic carbocycles. The Morgan fingerprint density at radius 3 is 2.45 bits per heavy atom. The first-order valence-electron chi connectivity index (χ1n) is 9.53. The number of benzene rings is 3. The Hall–Kier alpha value is -3.73. The molecule has 3 aromatic carbocycles. The van der Waals surface area contributed by atoms with E-state index in [-0.39, 0.29) is 11.7 Å². The Balaban J connectivity index is 1.62. The molecular formula is C24H22N4O. The van der Waals surface area contributed by atoms with Crippen molar-refractivity contribution in [3.8, 4) is 0 Å². The van der Waals surface area contributed by atoms with E-state index in [0.717, 1.165) is 27.7 Å². The summed E-state index contributed by atoms with van der Waals surface area (Å²) in [5.41, 5.74) is 5.00. The summed E-state index contributed by atoms with van der Waals surface area (Å²) >= 11 is 0. The molecule has 0 aliphatic rings.